The Bertz CT molecular complexity index is 1170. The summed E-state index contributed by atoms with van der Waals surface area (Å²) in [5.74, 6) is 0.265. The van der Waals surface area contributed by atoms with Crippen molar-refractivity contribution in [1.82, 2.24) is 19.7 Å². The molecule has 7 heteroatoms. The van der Waals surface area contributed by atoms with Gasteiger partial charge in [0.05, 0.1) is 23.0 Å². The van der Waals surface area contributed by atoms with Gasteiger partial charge in [-0.2, -0.15) is 5.10 Å². The molecule has 0 saturated heterocycles. The Morgan fingerprint density at radius 3 is 2.71 bits per heavy atom. The highest BCUT2D eigenvalue weighted by Gasteiger charge is 2.17. The highest BCUT2D eigenvalue weighted by atomic mass is 79.9. The largest absolute Gasteiger partial charge is 0.307 e. The number of nitrogens with one attached hydrogen (secondary N) is 1. The molecule has 0 radical (unpaired) electrons. The van der Waals surface area contributed by atoms with Gasteiger partial charge >= 0.3 is 0 Å². The molecule has 0 unspecified atom stereocenters. The number of nitrogens with zero attached hydrogens (tertiary/aromatic N) is 4. The first-order valence-electron chi connectivity index (χ1n) is 8.92. The molecule has 1 aromatic carbocycles. The van der Waals surface area contributed by atoms with E-state index >= 15 is 0 Å². The van der Waals surface area contributed by atoms with Crippen LogP contribution in [0.2, 0.25) is 0 Å². The molecule has 0 aliphatic rings. The number of aryl methyl sites for hydroxylation is 1. The maximum absolute atomic E-state index is 13.0. The van der Waals surface area contributed by atoms with Crippen LogP contribution in [0.1, 0.15) is 23.0 Å². The molecular weight excluding hydrogens is 418 g/mol. The van der Waals surface area contributed by atoms with Crippen molar-refractivity contribution in [1.29, 1.82) is 0 Å². The van der Waals surface area contributed by atoms with Crippen LogP contribution in [0, 0.1) is 6.92 Å². The summed E-state index contributed by atoms with van der Waals surface area (Å²) in [6, 6.07) is 13.0. The van der Waals surface area contributed by atoms with Gasteiger partial charge in [0.1, 0.15) is 5.82 Å². The van der Waals surface area contributed by atoms with Gasteiger partial charge in [-0.05, 0) is 54.0 Å². The number of amides is 1. The molecule has 4 aromatic rings. The fourth-order valence-corrected chi connectivity index (χ4v) is 3.39. The Morgan fingerprint density at radius 1 is 1.18 bits per heavy atom. The molecule has 0 atom stereocenters. The van der Waals surface area contributed by atoms with E-state index in [1.54, 1.807) is 18.5 Å². The van der Waals surface area contributed by atoms with Crippen molar-refractivity contribution in [3.8, 4) is 11.3 Å². The van der Waals surface area contributed by atoms with Crippen LogP contribution in [-0.2, 0) is 6.54 Å². The van der Waals surface area contributed by atoms with Gasteiger partial charge in [-0.1, -0.05) is 18.2 Å². The predicted molar refractivity (Wildman–Crippen MR) is 113 cm³/mol. The second-order valence-electron chi connectivity index (χ2n) is 6.35. The van der Waals surface area contributed by atoms with Gasteiger partial charge in [0.15, 0.2) is 0 Å². The summed E-state index contributed by atoms with van der Waals surface area (Å²) in [5.41, 5.74) is 3.98. The van der Waals surface area contributed by atoms with Gasteiger partial charge < -0.3 is 5.32 Å². The lowest BCUT2D eigenvalue weighted by atomic mass is 10.0. The van der Waals surface area contributed by atoms with Crippen LogP contribution < -0.4 is 5.32 Å². The molecule has 0 aliphatic carbocycles. The number of anilines is 1. The average Bonchev–Trinajstić information content (AvgIpc) is 3.09. The molecular formula is C21H18BrN5O. The fraction of sp³-hybridized carbons (Fsp3) is 0.143. The Morgan fingerprint density at radius 2 is 2.00 bits per heavy atom. The lowest BCUT2D eigenvalue weighted by Crippen LogP contribution is -2.14. The summed E-state index contributed by atoms with van der Waals surface area (Å²) in [6.07, 6.45) is 3.45. The van der Waals surface area contributed by atoms with Crippen LogP contribution in [0.25, 0.3) is 22.2 Å². The van der Waals surface area contributed by atoms with Crippen molar-refractivity contribution in [2.45, 2.75) is 20.4 Å². The van der Waals surface area contributed by atoms with Gasteiger partial charge in [-0.25, -0.2) is 9.97 Å². The maximum atomic E-state index is 13.0. The van der Waals surface area contributed by atoms with Gasteiger partial charge in [-0.15, -0.1) is 0 Å². The Kier molecular flexibility index (Phi) is 4.92. The highest BCUT2D eigenvalue weighted by Crippen LogP contribution is 2.27. The summed E-state index contributed by atoms with van der Waals surface area (Å²) < 4.78 is 2.77. The second-order valence-corrected chi connectivity index (χ2v) is 7.26. The van der Waals surface area contributed by atoms with Crippen LogP contribution >= 0.6 is 15.9 Å². The fourth-order valence-electron chi connectivity index (χ4n) is 3.15. The molecule has 140 valence electrons. The third kappa shape index (κ3) is 3.41. The number of carbonyl (C=O) groups excluding carboxylic acids is 1. The van der Waals surface area contributed by atoms with E-state index in [-0.39, 0.29) is 5.91 Å². The molecule has 0 bridgehead atoms. The van der Waals surface area contributed by atoms with E-state index in [0.717, 1.165) is 38.9 Å². The molecule has 6 nitrogen and oxygen atoms in total. The first-order valence-corrected chi connectivity index (χ1v) is 9.71. The minimum atomic E-state index is -0.227. The lowest BCUT2D eigenvalue weighted by molar-refractivity contribution is 0.102. The zero-order chi connectivity index (χ0) is 19.7. The number of fused-ring (bicyclic) bond motifs is 1. The Labute approximate surface area is 170 Å². The van der Waals surface area contributed by atoms with Crippen LogP contribution in [0.4, 0.5) is 5.82 Å². The molecule has 28 heavy (non-hydrogen) atoms. The van der Waals surface area contributed by atoms with Crippen molar-refractivity contribution in [2.75, 3.05) is 5.32 Å². The van der Waals surface area contributed by atoms with Gasteiger partial charge in [0, 0.05) is 33.9 Å². The molecule has 0 aliphatic heterocycles. The third-order valence-electron chi connectivity index (χ3n) is 4.61. The molecule has 0 fully saturated rings. The molecule has 3 aromatic heterocycles. The smallest absolute Gasteiger partial charge is 0.257 e. The van der Waals surface area contributed by atoms with E-state index in [9.17, 15) is 4.79 Å². The van der Waals surface area contributed by atoms with E-state index in [2.05, 4.69) is 31.3 Å². The number of hydrogen-bond donors (Lipinski definition) is 1. The van der Waals surface area contributed by atoms with E-state index in [1.807, 2.05) is 54.9 Å². The minimum Gasteiger partial charge on any atom is -0.307 e. The number of benzene rings is 1. The quantitative estimate of drug-likeness (QED) is 0.497. The van der Waals surface area contributed by atoms with Crippen molar-refractivity contribution in [3.63, 3.8) is 0 Å². The van der Waals surface area contributed by atoms with Gasteiger partial charge in [0.2, 0.25) is 0 Å². The summed E-state index contributed by atoms with van der Waals surface area (Å²) >= 11 is 3.35. The topological polar surface area (TPSA) is 72.7 Å². The Hall–Kier alpha value is -3.06. The maximum Gasteiger partial charge on any atom is 0.257 e. The van der Waals surface area contributed by atoms with E-state index in [4.69, 9.17) is 4.98 Å². The first-order chi connectivity index (χ1) is 13.6. The third-order valence-corrected chi connectivity index (χ3v) is 5.08. The number of rotatable bonds is 4. The summed E-state index contributed by atoms with van der Waals surface area (Å²) in [7, 11) is 0. The zero-order valence-corrected chi connectivity index (χ0v) is 17.1. The van der Waals surface area contributed by atoms with Crippen molar-refractivity contribution >= 4 is 38.6 Å². The normalized spacial score (nSPS) is 11.0. The first kappa shape index (κ1) is 18.3. The molecule has 3 heterocycles. The van der Waals surface area contributed by atoms with Crippen molar-refractivity contribution in [2.24, 2.45) is 0 Å². The molecule has 1 amide bonds. The van der Waals surface area contributed by atoms with Crippen LogP contribution in [0.15, 0.2) is 59.3 Å². The van der Waals surface area contributed by atoms with E-state index in [0.29, 0.717) is 11.4 Å². The van der Waals surface area contributed by atoms with E-state index in [1.165, 1.54) is 0 Å². The zero-order valence-electron chi connectivity index (χ0n) is 15.5. The monoisotopic (exact) mass is 435 g/mol. The number of pyridine rings is 2. The number of hydrogen-bond acceptors (Lipinski definition) is 4. The molecule has 0 spiro atoms. The SMILES string of the molecule is CCn1ncc(-c2cc(C(=O)Nc3ccc(Br)cn3)c3ccccc3n2)c1C. The predicted octanol–water partition coefficient (Wildman–Crippen LogP) is 4.84. The summed E-state index contributed by atoms with van der Waals surface area (Å²) in [4.78, 5) is 22.0. The van der Waals surface area contributed by atoms with Crippen molar-refractivity contribution in [3.05, 3.63) is 70.6 Å². The summed E-state index contributed by atoms with van der Waals surface area (Å²) in [5, 5.41) is 8.06. The van der Waals surface area contributed by atoms with Crippen LogP contribution in [0.3, 0.4) is 0 Å². The van der Waals surface area contributed by atoms with Crippen LogP contribution in [-0.4, -0.2) is 25.7 Å². The van der Waals surface area contributed by atoms with Crippen molar-refractivity contribution < 1.29 is 4.79 Å². The van der Waals surface area contributed by atoms with E-state index < -0.39 is 0 Å². The van der Waals surface area contributed by atoms with Crippen LogP contribution in [0.5, 0.6) is 0 Å². The van der Waals surface area contributed by atoms with Gasteiger partial charge in [0.25, 0.3) is 5.91 Å². The highest BCUT2D eigenvalue weighted by molar-refractivity contribution is 9.10. The molecule has 0 saturated carbocycles. The molecule has 1 N–H and O–H groups in total. The average molecular weight is 436 g/mol. The molecule has 4 rings (SSSR count). The second kappa shape index (κ2) is 7.52. The summed E-state index contributed by atoms with van der Waals surface area (Å²) in [6.45, 7) is 4.83. The Balaban J connectivity index is 1.81. The van der Waals surface area contributed by atoms with Gasteiger partial charge in [-0.3, -0.25) is 9.48 Å². The minimum absolute atomic E-state index is 0.227. The number of aromatic nitrogens is 4. The number of para-hydroxylation sites is 1. The number of halogens is 1. The number of carbonyl (C=O) groups is 1. The standard InChI is InChI=1S/C21H18BrN5O/c1-3-27-13(2)17(12-24-27)19-10-16(15-6-4-5-7-18(15)25-19)21(28)26-20-9-8-14(22)11-23-20/h4-12H,3H2,1-2H3,(H,23,26,28). The lowest BCUT2D eigenvalue weighted by Gasteiger charge is -2.10.